The van der Waals surface area contributed by atoms with Crippen LogP contribution >= 0.6 is 0 Å². The van der Waals surface area contributed by atoms with Crippen molar-refractivity contribution in [2.24, 2.45) is 4.99 Å². The average molecular weight is 243 g/mol. The van der Waals surface area contributed by atoms with Crippen LogP contribution in [0.2, 0.25) is 0 Å². The largest absolute Gasteiger partial charge is 0.289 e. The van der Waals surface area contributed by atoms with Gasteiger partial charge in [0.25, 0.3) is 0 Å². The molecule has 0 saturated carbocycles. The molecule has 0 aromatic heterocycles. The lowest BCUT2D eigenvalue weighted by Gasteiger charge is -2.17. The van der Waals surface area contributed by atoms with E-state index in [9.17, 15) is 0 Å². The summed E-state index contributed by atoms with van der Waals surface area (Å²) in [6.07, 6.45) is 2.33. The van der Waals surface area contributed by atoms with Crippen molar-refractivity contribution < 1.29 is 0 Å². The van der Waals surface area contributed by atoms with Gasteiger partial charge >= 0.3 is 0 Å². The van der Waals surface area contributed by atoms with E-state index in [4.69, 9.17) is 0 Å². The van der Waals surface area contributed by atoms with Gasteiger partial charge < -0.3 is 0 Å². The summed E-state index contributed by atoms with van der Waals surface area (Å²) in [5, 5.41) is 1.05. The number of aryl methyl sites for hydroxylation is 2. The Morgan fingerprint density at radius 1 is 1.28 bits per heavy atom. The van der Waals surface area contributed by atoms with Gasteiger partial charge in [-0.1, -0.05) is 31.6 Å². The first-order valence-electron chi connectivity index (χ1n) is 6.70. The summed E-state index contributed by atoms with van der Waals surface area (Å²) in [5.74, 6) is 0.447. The second-order valence-corrected chi connectivity index (χ2v) is 5.15. The van der Waals surface area contributed by atoms with Gasteiger partial charge in [-0.05, 0) is 56.0 Å². The molecule has 1 aromatic rings. The summed E-state index contributed by atoms with van der Waals surface area (Å²) < 4.78 is 0. The van der Waals surface area contributed by atoms with Crippen LogP contribution < -0.4 is 5.36 Å². The van der Waals surface area contributed by atoms with Crippen LogP contribution in [-0.2, 0) is 0 Å². The van der Waals surface area contributed by atoms with Crippen LogP contribution in [0.3, 0.4) is 0 Å². The lowest BCUT2D eigenvalue weighted by molar-refractivity contribution is 0.685. The lowest BCUT2D eigenvalue weighted by Crippen LogP contribution is -2.05. The molecule has 0 fully saturated rings. The van der Waals surface area contributed by atoms with Crippen LogP contribution in [0.1, 0.15) is 49.3 Å². The van der Waals surface area contributed by atoms with Gasteiger partial charge in [-0.25, -0.2) is 0 Å². The van der Waals surface area contributed by atoms with Crippen LogP contribution in [0.4, 0.5) is 0 Å². The molecule has 1 nitrogen and oxygen atoms in total. The third-order valence-corrected chi connectivity index (χ3v) is 3.38. The van der Waals surface area contributed by atoms with E-state index >= 15 is 0 Å². The molecule has 1 rings (SSSR count). The minimum atomic E-state index is 0.447. The molecule has 1 heteroatoms. The summed E-state index contributed by atoms with van der Waals surface area (Å²) >= 11 is 0. The zero-order valence-corrected chi connectivity index (χ0v) is 12.4. The molecule has 1 unspecified atom stereocenters. The topological polar surface area (TPSA) is 12.4 Å². The van der Waals surface area contributed by atoms with Gasteiger partial charge in [0, 0.05) is 13.0 Å². The Hall–Kier alpha value is -1.37. The zero-order valence-electron chi connectivity index (χ0n) is 12.4. The first-order valence-corrected chi connectivity index (χ1v) is 6.70. The summed E-state index contributed by atoms with van der Waals surface area (Å²) in [4.78, 5) is 4.35. The highest BCUT2D eigenvalue weighted by Crippen LogP contribution is 2.29. The second kappa shape index (κ2) is 6.53. The molecule has 0 bridgehead atoms. The summed E-state index contributed by atoms with van der Waals surface area (Å²) in [7, 11) is 1.85. The minimum Gasteiger partial charge on any atom is -0.289 e. The SMILES string of the molecule is C=C(C)C(CCC)c1cc(=NC)cc(C)cc1C. The van der Waals surface area contributed by atoms with Crippen molar-refractivity contribution in [1.29, 1.82) is 0 Å². The summed E-state index contributed by atoms with van der Waals surface area (Å²) in [6, 6.07) is 6.60. The van der Waals surface area contributed by atoms with Crippen LogP contribution in [0, 0.1) is 13.8 Å². The predicted octanol–water partition coefficient (Wildman–Crippen LogP) is 4.29. The molecule has 18 heavy (non-hydrogen) atoms. The second-order valence-electron chi connectivity index (χ2n) is 5.15. The smallest absolute Gasteiger partial charge is 0.0576 e. The van der Waals surface area contributed by atoms with Crippen molar-refractivity contribution in [1.82, 2.24) is 0 Å². The minimum absolute atomic E-state index is 0.447. The summed E-state index contributed by atoms with van der Waals surface area (Å²) in [6.45, 7) is 12.8. The third kappa shape index (κ3) is 3.56. The maximum absolute atomic E-state index is 4.35. The van der Waals surface area contributed by atoms with E-state index in [1.807, 2.05) is 7.05 Å². The van der Waals surface area contributed by atoms with E-state index in [2.05, 4.69) is 57.5 Å². The molecule has 1 atom stereocenters. The van der Waals surface area contributed by atoms with Crippen molar-refractivity contribution in [3.63, 3.8) is 0 Å². The monoisotopic (exact) mass is 243 g/mol. The van der Waals surface area contributed by atoms with Crippen LogP contribution in [0.15, 0.2) is 35.3 Å². The van der Waals surface area contributed by atoms with E-state index in [0.29, 0.717) is 5.92 Å². The highest BCUT2D eigenvalue weighted by atomic mass is 14.6. The molecule has 0 amide bonds. The van der Waals surface area contributed by atoms with E-state index in [1.165, 1.54) is 28.7 Å². The third-order valence-electron chi connectivity index (χ3n) is 3.38. The number of rotatable bonds is 4. The van der Waals surface area contributed by atoms with Gasteiger partial charge in [0.1, 0.15) is 0 Å². The van der Waals surface area contributed by atoms with Crippen molar-refractivity contribution >= 4 is 0 Å². The molecular formula is C17H25N. The van der Waals surface area contributed by atoms with Gasteiger partial charge in [0.2, 0.25) is 0 Å². The lowest BCUT2D eigenvalue weighted by atomic mass is 9.87. The molecule has 0 saturated heterocycles. The number of hydrogen-bond acceptors (Lipinski definition) is 1. The molecule has 1 aromatic carbocycles. The highest BCUT2D eigenvalue weighted by Gasteiger charge is 2.13. The first-order chi connectivity index (χ1) is 8.49. The van der Waals surface area contributed by atoms with Gasteiger partial charge in [0.15, 0.2) is 0 Å². The van der Waals surface area contributed by atoms with E-state index < -0.39 is 0 Å². The maximum Gasteiger partial charge on any atom is 0.0576 e. The number of allylic oxidation sites excluding steroid dienone is 1. The van der Waals surface area contributed by atoms with Gasteiger partial charge in [-0.15, -0.1) is 0 Å². The van der Waals surface area contributed by atoms with Crippen molar-refractivity contribution in [2.75, 3.05) is 7.05 Å². The fourth-order valence-electron chi connectivity index (χ4n) is 2.48. The maximum atomic E-state index is 4.35. The van der Waals surface area contributed by atoms with Gasteiger partial charge in [0.05, 0.1) is 5.36 Å². The molecule has 0 aliphatic carbocycles. The standard InChI is InChI=1S/C17H25N/c1-7-8-16(12(2)3)17-11-15(18-6)10-13(4)9-14(17)5/h9-11,16H,2,7-8H2,1,3-6H3. The van der Waals surface area contributed by atoms with Gasteiger partial charge in [-0.3, -0.25) is 4.99 Å². The van der Waals surface area contributed by atoms with Crippen LogP contribution in [0.5, 0.6) is 0 Å². The molecule has 0 N–H and O–H groups in total. The Morgan fingerprint density at radius 2 is 1.94 bits per heavy atom. The first kappa shape index (κ1) is 14.7. The summed E-state index contributed by atoms with van der Waals surface area (Å²) in [5.41, 5.74) is 5.21. The Bertz CT molecular complexity index is 497. The Labute approximate surface area is 111 Å². The Balaban J connectivity index is 3.47. The molecule has 98 valence electrons. The van der Waals surface area contributed by atoms with Crippen molar-refractivity contribution in [3.05, 3.63) is 52.4 Å². The predicted molar refractivity (Wildman–Crippen MR) is 79.9 cm³/mol. The molecule has 0 aliphatic rings. The Morgan fingerprint density at radius 3 is 2.44 bits per heavy atom. The molecule has 0 radical (unpaired) electrons. The molecule has 0 spiro atoms. The quantitative estimate of drug-likeness (QED) is 0.699. The van der Waals surface area contributed by atoms with Crippen molar-refractivity contribution in [2.45, 2.75) is 46.5 Å². The molecular weight excluding hydrogens is 218 g/mol. The normalized spacial score (nSPS) is 13.5. The van der Waals surface area contributed by atoms with Crippen LogP contribution in [0.25, 0.3) is 0 Å². The fraction of sp³-hybridized carbons (Fsp3) is 0.471. The van der Waals surface area contributed by atoms with E-state index in [1.54, 1.807) is 0 Å². The zero-order chi connectivity index (χ0) is 13.7. The van der Waals surface area contributed by atoms with Crippen molar-refractivity contribution in [3.8, 4) is 0 Å². The van der Waals surface area contributed by atoms with Gasteiger partial charge in [-0.2, -0.15) is 0 Å². The van der Waals surface area contributed by atoms with Crippen LogP contribution in [-0.4, -0.2) is 7.05 Å². The number of hydrogen-bond donors (Lipinski definition) is 0. The number of nitrogens with zero attached hydrogens (tertiary/aromatic N) is 1. The molecule has 0 aliphatic heterocycles. The average Bonchev–Trinajstić information content (AvgIpc) is 2.44. The fourth-order valence-corrected chi connectivity index (χ4v) is 2.48. The highest BCUT2D eigenvalue weighted by molar-refractivity contribution is 5.35. The van der Waals surface area contributed by atoms with E-state index in [-0.39, 0.29) is 0 Å². The molecule has 0 heterocycles. The van der Waals surface area contributed by atoms with E-state index in [0.717, 1.165) is 11.8 Å². The Kier molecular flexibility index (Phi) is 5.33.